The van der Waals surface area contributed by atoms with Gasteiger partial charge in [-0.1, -0.05) is 57.2 Å². The van der Waals surface area contributed by atoms with Crippen LogP contribution >= 0.6 is 0 Å². The third kappa shape index (κ3) is 4.57. The Balaban J connectivity index is 1.33. The monoisotopic (exact) mass is 560 g/mol. The van der Waals surface area contributed by atoms with E-state index in [0.717, 1.165) is 32.1 Å². The van der Waals surface area contributed by atoms with Gasteiger partial charge in [0.2, 0.25) is 0 Å². The summed E-state index contributed by atoms with van der Waals surface area (Å²) in [5.74, 6) is -0.592. The molecule has 0 N–H and O–H groups in total. The van der Waals surface area contributed by atoms with Crippen LogP contribution in [0.3, 0.4) is 0 Å². The molecule has 218 valence electrons. The first-order valence-electron chi connectivity index (χ1n) is 14.9. The number of carbonyl (C=O) groups is 3. The molecule has 0 bridgehead atoms. The van der Waals surface area contributed by atoms with E-state index in [1.165, 1.54) is 0 Å². The van der Waals surface area contributed by atoms with Gasteiger partial charge >= 0.3 is 17.9 Å². The second-order valence-corrected chi connectivity index (χ2v) is 13.2. The molecule has 2 aromatic rings. The van der Waals surface area contributed by atoms with E-state index >= 15 is 0 Å². The van der Waals surface area contributed by atoms with Gasteiger partial charge in [-0.15, -0.1) is 0 Å². The fourth-order valence-corrected chi connectivity index (χ4v) is 8.75. The highest BCUT2D eigenvalue weighted by molar-refractivity contribution is 5.90. The first-order valence-corrected chi connectivity index (χ1v) is 14.9. The van der Waals surface area contributed by atoms with E-state index < -0.39 is 22.7 Å². The highest BCUT2D eigenvalue weighted by Gasteiger charge is 2.70. The number of carbonyl (C=O) groups excluding carboxylic acids is 3. The van der Waals surface area contributed by atoms with Crippen LogP contribution in [0, 0.1) is 22.7 Å². The fourth-order valence-electron chi connectivity index (χ4n) is 8.75. The highest BCUT2D eigenvalue weighted by Crippen LogP contribution is 2.68. The molecule has 2 saturated heterocycles. The summed E-state index contributed by atoms with van der Waals surface area (Å²) in [6.45, 7) is 7.14. The Labute approximate surface area is 241 Å². The average molecular weight is 561 g/mol. The Morgan fingerprint density at radius 2 is 1.54 bits per heavy atom. The molecule has 7 heteroatoms. The summed E-state index contributed by atoms with van der Waals surface area (Å²) in [7, 11) is 0. The van der Waals surface area contributed by atoms with Gasteiger partial charge in [-0.05, 0) is 74.6 Å². The first kappa shape index (κ1) is 28.0. The minimum atomic E-state index is -0.643. The first-order chi connectivity index (χ1) is 19.6. The predicted molar refractivity (Wildman–Crippen MR) is 151 cm³/mol. The number of esters is 3. The Kier molecular flexibility index (Phi) is 7.00. The minimum Gasteiger partial charge on any atom is -0.463 e. The van der Waals surface area contributed by atoms with E-state index in [2.05, 4.69) is 20.8 Å². The molecule has 6 rings (SSSR count). The zero-order valence-electron chi connectivity index (χ0n) is 24.2. The van der Waals surface area contributed by atoms with Crippen LogP contribution < -0.4 is 0 Å². The normalized spacial score (nSPS) is 37.9. The SMILES string of the molecule is C[C@H]1CC[C@@H]2[C@](C)(COC(=O)c3ccccc3)[C@@H](OC(=O)c3ccccc3)CC[C@]2(C)[C@]12CC[C@]1(COC(=O)C1)O2. The number of benzene rings is 2. The van der Waals surface area contributed by atoms with E-state index in [0.29, 0.717) is 36.5 Å². The van der Waals surface area contributed by atoms with Crippen molar-refractivity contribution >= 4 is 17.9 Å². The Morgan fingerprint density at radius 1 is 0.878 bits per heavy atom. The van der Waals surface area contributed by atoms with Crippen LogP contribution in [0.5, 0.6) is 0 Å². The van der Waals surface area contributed by atoms with Crippen LogP contribution in [0.2, 0.25) is 0 Å². The van der Waals surface area contributed by atoms with Crippen LogP contribution in [-0.4, -0.2) is 48.4 Å². The van der Waals surface area contributed by atoms with Gasteiger partial charge in [-0.2, -0.15) is 0 Å². The van der Waals surface area contributed by atoms with Crippen molar-refractivity contribution in [1.82, 2.24) is 0 Å². The smallest absolute Gasteiger partial charge is 0.338 e. The summed E-state index contributed by atoms with van der Waals surface area (Å²) in [6, 6.07) is 18.0. The van der Waals surface area contributed by atoms with E-state index in [4.69, 9.17) is 18.9 Å². The van der Waals surface area contributed by atoms with Crippen molar-refractivity contribution in [2.45, 2.75) is 83.0 Å². The van der Waals surface area contributed by atoms with Gasteiger partial charge in [0.25, 0.3) is 0 Å². The maximum absolute atomic E-state index is 13.3. The van der Waals surface area contributed by atoms with E-state index in [1.54, 1.807) is 24.3 Å². The van der Waals surface area contributed by atoms with Gasteiger partial charge in [-0.3, -0.25) is 4.79 Å². The number of fused-ring (bicyclic) bond motifs is 2. The number of ether oxygens (including phenoxy) is 4. The molecule has 0 unspecified atom stereocenters. The highest BCUT2D eigenvalue weighted by atomic mass is 16.6. The number of hydrogen-bond acceptors (Lipinski definition) is 7. The van der Waals surface area contributed by atoms with Gasteiger partial charge in [-0.25, -0.2) is 9.59 Å². The second kappa shape index (κ2) is 10.3. The maximum Gasteiger partial charge on any atom is 0.338 e. The van der Waals surface area contributed by atoms with Crippen molar-refractivity contribution in [2.24, 2.45) is 22.7 Å². The molecule has 7 atom stereocenters. The lowest BCUT2D eigenvalue weighted by atomic mass is 9.43. The molecule has 2 saturated carbocycles. The largest absolute Gasteiger partial charge is 0.463 e. The molecule has 41 heavy (non-hydrogen) atoms. The number of rotatable bonds is 5. The summed E-state index contributed by atoms with van der Waals surface area (Å²) in [5.41, 5.74) is -0.927. The number of hydrogen-bond donors (Lipinski definition) is 0. The van der Waals surface area contributed by atoms with Gasteiger partial charge in [0.05, 0.1) is 23.1 Å². The zero-order valence-corrected chi connectivity index (χ0v) is 24.2. The molecule has 7 nitrogen and oxygen atoms in total. The summed E-state index contributed by atoms with van der Waals surface area (Å²) in [6.07, 6.45) is 4.79. The molecular weight excluding hydrogens is 520 g/mol. The quantitative estimate of drug-likeness (QED) is 0.320. The van der Waals surface area contributed by atoms with Crippen molar-refractivity contribution < 1.29 is 33.3 Å². The summed E-state index contributed by atoms with van der Waals surface area (Å²) in [5, 5.41) is 0. The maximum atomic E-state index is 13.3. The van der Waals surface area contributed by atoms with Crippen LogP contribution in [0.25, 0.3) is 0 Å². The Morgan fingerprint density at radius 3 is 2.17 bits per heavy atom. The molecule has 4 aliphatic rings. The number of cyclic esters (lactones) is 1. The van der Waals surface area contributed by atoms with Gasteiger partial charge in [0.15, 0.2) is 0 Å². The summed E-state index contributed by atoms with van der Waals surface area (Å²) >= 11 is 0. The molecule has 2 aliphatic carbocycles. The molecule has 2 spiro atoms. The third-order valence-corrected chi connectivity index (χ3v) is 11.0. The Bertz CT molecular complexity index is 1310. The second-order valence-electron chi connectivity index (χ2n) is 13.2. The van der Waals surface area contributed by atoms with E-state index in [9.17, 15) is 14.4 Å². The molecule has 0 amide bonds. The van der Waals surface area contributed by atoms with Crippen molar-refractivity contribution in [3.63, 3.8) is 0 Å². The minimum absolute atomic E-state index is 0.0604. The van der Waals surface area contributed by atoms with Crippen molar-refractivity contribution in [3.05, 3.63) is 71.8 Å². The standard InChI is InChI=1S/C34H40O7/c1-23-14-15-26-31(2,21-39-29(36)24-10-6-4-7-11-24)27(40-30(37)25-12-8-5-9-13-25)16-17-32(26,3)34(23)19-18-33(41-34)20-28(35)38-22-33/h4-13,23,26-27H,14-22H2,1-3H3/t23-,26+,27-,31-,32-,33-,34-/m0/s1. The molecule has 4 fully saturated rings. The predicted octanol–water partition coefficient (Wildman–Crippen LogP) is 6.16. The zero-order chi connectivity index (χ0) is 28.9. The molecular formula is C34H40O7. The van der Waals surface area contributed by atoms with Crippen molar-refractivity contribution in [3.8, 4) is 0 Å². The van der Waals surface area contributed by atoms with Crippen LogP contribution in [0.1, 0.15) is 86.4 Å². The molecule has 0 aromatic heterocycles. The van der Waals surface area contributed by atoms with E-state index in [1.807, 2.05) is 36.4 Å². The van der Waals surface area contributed by atoms with Crippen LogP contribution in [0.4, 0.5) is 0 Å². The molecule has 2 aliphatic heterocycles. The van der Waals surface area contributed by atoms with Gasteiger partial charge in [0.1, 0.15) is 24.9 Å². The molecule has 2 heterocycles. The van der Waals surface area contributed by atoms with Crippen LogP contribution in [0.15, 0.2) is 60.7 Å². The summed E-state index contributed by atoms with van der Waals surface area (Å²) < 4.78 is 24.8. The van der Waals surface area contributed by atoms with Crippen molar-refractivity contribution in [2.75, 3.05) is 13.2 Å². The molecule has 2 aromatic carbocycles. The third-order valence-electron chi connectivity index (χ3n) is 11.0. The lowest BCUT2D eigenvalue weighted by Crippen LogP contribution is -2.67. The van der Waals surface area contributed by atoms with Gasteiger partial charge < -0.3 is 18.9 Å². The van der Waals surface area contributed by atoms with Crippen molar-refractivity contribution in [1.29, 1.82) is 0 Å². The fraction of sp³-hybridized carbons (Fsp3) is 0.559. The van der Waals surface area contributed by atoms with E-state index in [-0.39, 0.29) is 35.8 Å². The van der Waals surface area contributed by atoms with Crippen LogP contribution in [-0.2, 0) is 23.7 Å². The summed E-state index contributed by atoms with van der Waals surface area (Å²) in [4.78, 5) is 38.6. The lowest BCUT2D eigenvalue weighted by Gasteiger charge is -2.65. The molecule has 0 radical (unpaired) electrons. The van der Waals surface area contributed by atoms with Gasteiger partial charge in [0, 0.05) is 10.8 Å². The Hall–Kier alpha value is -3.19. The average Bonchev–Trinajstić information content (AvgIpc) is 3.55. The lowest BCUT2D eigenvalue weighted by molar-refractivity contribution is -0.265. The topological polar surface area (TPSA) is 88.1 Å².